The molecule has 4 nitrogen and oxygen atoms in total. The van der Waals surface area contributed by atoms with E-state index in [9.17, 15) is 4.79 Å². The molecule has 2 heterocycles. The van der Waals surface area contributed by atoms with E-state index in [0.29, 0.717) is 5.92 Å². The minimum absolute atomic E-state index is 0.0564. The van der Waals surface area contributed by atoms with Crippen molar-refractivity contribution in [2.75, 3.05) is 19.6 Å². The molecule has 1 aliphatic heterocycles. The molecule has 1 fully saturated rings. The first-order chi connectivity index (χ1) is 14.3. The van der Waals surface area contributed by atoms with Crippen molar-refractivity contribution in [2.45, 2.75) is 46.6 Å². The van der Waals surface area contributed by atoms with E-state index in [2.05, 4.69) is 52.5 Å². The topological polar surface area (TPSA) is 45.2 Å². The predicted octanol–water partition coefficient (Wildman–Crippen LogP) is 5.10. The number of hydrogen-bond acceptors (Lipinski definition) is 3. The number of amides is 1. The average molecular weight is 406 g/mol. The first-order valence-electron chi connectivity index (χ1n) is 11.0. The zero-order chi connectivity index (χ0) is 21.6. The highest BCUT2D eigenvalue weighted by atomic mass is 16.2. The summed E-state index contributed by atoms with van der Waals surface area (Å²) in [4.78, 5) is 19.9. The molecule has 4 heteroatoms. The van der Waals surface area contributed by atoms with Crippen LogP contribution in [0.25, 0.3) is 6.08 Å². The Kier molecular flexibility index (Phi) is 7.43. The van der Waals surface area contributed by atoms with Crippen LogP contribution in [-0.2, 0) is 4.79 Å². The Balaban J connectivity index is 1.72. The van der Waals surface area contributed by atoms with E-state index < -0.39 is 5.41 Å². The number of carbonyl (C=O) groups is 1. The maximum atomic E-state index is 12.8. The molecule has 0 bridgehead atoms. The quantitative estimate of drug-likeness (QED) is 0.727. The molecule has 2 aromatic rings. The Morgan fingerprint density at radius 3 is 2.60 bits per heavy atom. The lowest BCUT2D eigenvalue weighted by Crippen LogP contribution is -2.46. The van der Waals surface area contributed by atoms with E-state index in [0.717, 1.165) is 38.2 Å². The summed E-state index contributed by atoms with van der Waals surface area (Å²) in [5, 5.41) is 3.31. The van der Waals surface area contributed by atoms with E-state index in [1.807, 2.05) is 51.2 Å². The van der Waals surface area contributed by atoms with Crippen LogP contribution in [0, 0.1) is 11.3 Å². The Labute approximate surface area is 181 Å². The second kappa shape index (κ2) is 10.0. The molecule has 1 saturated heterocycles. The highest BCUT2D eigenvalue weighted by Crippen LogP contribution is 2.30. The number of piperidine rings is 1. The fourth-order valence-electron chi connectivity index (χ4n) is 4.09. The van der Waals surface area contributed by atoms with Gasteiger partial charge >= 0.3 is 0 Å². The first-order valence-corrected chi connectivity index (χ1v) is 11.0. The lowest BCUT2D eigenvalue weighted by atomic mass is 9.86. The summed E-state index contributed by atoms with van der Waals surface area (Å²) in [6.45, 7) is 11.1. The van der Waals surface area contributed by atoms with Gasteiger partial charge in [-0.2, -0.15) is 0 Å². The predicted molar refractivity (Wildman–Crippen MR) is 124 cm³/mol. The summed E-state index contributed by atoms with van der Waals surface area (Å²) >= 11 is 0. The maximum Gasteiger partial charge on any atom is 0.225 e. The van der Waals surface area contributed by atoms with Crippen molar-refractivity contribution in [3.05, 3.63) is 71.6 Å². The lowest BCUT2D eigenvalue weighted by molar-refractivity contribution is -0.129. The van der Waals surface area contributed by atoms with Crippen molar-refractivity contribution in [2.24, 2.45) is 11.3 Å². The van der Waals surface area contributed by atoms with Crippen molar-refractivity contribution in [3.63, 3.8) is 0 Å². The van der Waals surface area contributed by atoms with Crippen LogP contribution in [0.2, 0.25) is 0 Å². The number of nitrogens with one attached hydrogen (secondary N) is 1. The van der Waals surface area contributed by atoms with Gasteiger partial charge in [-0.25, -0.2) is 0 Å². The third-order valence-corrected chi connectivity index (χ3v) is 5.67. The van der Waals surface area contributed by atoms with Crippen LogP contribution in [0.15, 0.2) is 60.3 Å². The summed E-state index contributed by atoms with van der Waals surface area (Å²) in [6.07, 6.45) is 6.32. The number of hydrogen-bond donors (Lipinski definition) is 1. The normalized spacial score (nSPS) is 19.3. The lowest BCUT2D eigenvalue weighted by Gasteiger charge is -2.38. The molecule has 0 saturated carbocycles. The number of pyridine rings is 1. The molecule has 1 amide bonds. The number of likely N-dealkylation sites (tertiary alicyclic amines) is 1. The van der Waals surface area contributed by atoms with Gasteiger partial charge in [0.1, 0.15) is 0 Å². The fourth-order valence-corrected chi connectivity index (χ4v) is 4.09. The molecule has 1 aromatic heterocycles. The van der Waals surface area contributed by atoms with E-state index in [-0.39, 0.29) is 11.9 Å². The van der Waals surface area contributed by atoms with E-state index >= 15 is 0 Å². The molecule has 0 radical (unpaired) electrons. The van der Waals surface area contributed by atoms with Crippen molar-refractivity contribution in [3.8, 4) is 0 Å². The third-order valence-electron chi connectivity index (χ3n) is 5.67. The Morgan fingerprint density at radius 1 is 1.20 bits per heavy atom. The highest BCUT2D eigenvalue weighted by molar-refractivity contribution is 5.81. The minimum Gasteiger partial charge on any atom is -0.347 e. The summed E-state index contributed by atoms with van der Waals surface area (Å²) in [5.41, 5.74) is 3.14. The molecule has 30 heavy (non-hydrogen) atoms. The maximum absolute atomic E-state index is 12.8. The van der Waals surface area contributed by atoms with Gasteiger partial charge in [0.15, 0.2) is 0 Å². The van der Waals surface area contributed by atoms with Crippen molar-refractivity contribution in [1.82, 2.24) is 15.2 Å². The molecular weight excluding hydrogens is 370 g/mol. The molecule has 1 N–H and O–H groups in total. The zero-order valence-electron chi connectivity index (χ0n) is 18.8. The van der Waals surface area contributed by atoms with Crippen LogP contribution < -0.4 is 5.32 Å². The monoisotopic (exact) mass is 405 g/mol. The van der Waals surface area contributed by atoms with Crippen molar-refractivity contribution < 1.29 is 4.79 Å². The van der Waals surface area contributed by atoms with Crippen LogP contribution in [0.5, 0.6) is 0 Å². The fraction of sp³-hybridized carbons (Fsp3) is 0.462. The Hall–Kier alpha value is -2.46. The average Bonchev–Trinajstić information content (AvgIpc) is 2.72. The van der Waals surface area contributed by atoms with Crippen LogP contribution in [0.1, 0.15) is 57.8 Å². The first kappa shape index (κ1) is 22.2. The largest absolute Gasteiger partial charge is 0.347 e. The van der Waals surface area contributed by atoms with Crippen LogP contribution in [0.4, 0.5) is 0 Å². The summed E-state index contributed by atoms with van der Waals surface area (Å²) in [5.74, 6) is 0.430. The van der Waals surface area contributed by atoms with Crippen LogP contribution >= 0.6 is 0 Å². The van der Waals surface area contributed by atoms with E-state index in [4.69, 9.17) is 0 Å². The minimum atomic E-state index is -0.420. The van der Waals surface area contributed by atoms with Gasteiger partial charge in [0.05, 0.1) is 11.7 Å². The highest BCUT2D eigenvalue weighted by Gasteiger charge is 2.33. The summed E-state index contributed by atoms with van der Waals surface area (Å²) in [6, 6.07) is 16.4. The van der Waals surface area contributed by atoms with Crippen molar-refractivity contribution in [1.29, 1.82) is 0 Å². The molecule has 0 aliphatic carbocycles. The smallest absolute Gasteiger partial charge is 0.225 e. The van der Waals surface area contributed by atoms with E-state index in [1.165, 1.54) is 11.1 Å². The molecule has 2 atom stereocenters. The number of benzene rings is 1. The Morgan fingerprint density at radius 2 is 1.93 bits per heavy atom. The van der Waals surface area contributed by atoms with Gasteiger partial charge in [0.2, 0.25) is 5.91 Å². The number of nitrogens with zero attached hydrogens (tertiary/aromatic N) is 2. The molecule has 0 spiro atoms. The summed E-state index contributed by atoms with van der Waals surface area (Å²) in [7, 11) is 0. The van der Waals surface area contributed by atoms with Gasteiger partial charge in [-0.3, -0.25) is 14.7 Å². The second-order valence-electron chi connectivity index (χ2n) is 9.49. The van der Waals surface area contributed by atoms with Crippen LogP contribution in [-0.4, -0.2) is 35.4 Å². The molecule has 2 unspecified atom stereocenters. The van der Waals surface area contributed by atoms with Gasteiger partial charge < -0.3 is 5.32 Å². The van der Waals surface area contributed by atoms with Crippen LogP contribution in [0.3, 0.4) is 0 Å². The van der Waals surface area contributed by atoms with Gasteiger partial charge in [-0.15, -0.1) is 0 Å². The van der Waals surface area contributed by atoms with Gasteiger partial charge in [0.25, 0.3) is 0 Å². The molecule has 3 rings (SSSR count). The molecular formula is C26H35N3O. The van der Waals surface area contributed by atoms with Gasteiger partial charge in [0, 0.05) is 24.7 Å². The standard InChI is InChI=1S/C26H35N3O/c1-20(17-21-11-6-5-7-12-21)18-29-16-10-13-22(19-29)24(23-14-8-9-15-27-23)28-25(30)26(2,3)4/h5-9,11-12,14-15,17,22,24H,10,13,16,18-19H2,1-4H3,(H,28,30)/b20-17+. The summed E-state index contributed by atoms with van der Waals surface area (Å²) < 4.78 is 0. The van der Waals surface area contributed by atoms with Gasteiger partial charge in [-0.1, -0.05) is 68.8 Å². The van der Waals surface area contributed by atoms with Crippen molar-refractivity contribution >= 4 is 12.0 Å². The SMILES string of the molecule is C/C(=C\c1ccccc1)CN1CCCC(C(NC(=O)C(C)(C)C)c2ccccn2)C1. The number of rotatable bonds is 6. The second-order valence-corrected chi connectivity index (χ2v) is 9.49. The van der Waals surface area contributed by atoms with E-state index in [1.54, 1.807) is 0 Å². The molecule has 160 valence electrons. The molecule has 1 aliphatic rings. The van der Waals surface area contributed by atoms with Gasteiger partial charge in [-0.05, 0) is 49.9 Å². The molecule has 1 aromatic carbocycles. The Bertz CT molecular complexity index is 840. The number of aromatic nitrogens is 1. The third kappa shape index (κ3) is 6.27. The number of carbonyl (C=O) groups excluding carboxylic acids is 1. The zero-order valence-corrected chi connectivity index (χ0v) is 18.8.